The molecular weight excluding hydrogens is 238 g/mol. The van der Waals surface area contributed by atoms with Gasteiger partial charge in [-0.25, -0.2) is 0 Å². The summed E-state index contributed by atoms with van der Waals surface area (Å²) in [5.74, 6) is 0. The minimum Gasteiger partial charge on any atom is -0.368 e. The van der Waals surface area contributed by atoms with Crippen LogP contribution in [-0.4, -0.2) is 0 Å². The van der Waals surface area contributed by atoms with Crippen molar-refractivity contribution in [2.75, 3.05) is 5.32 Å². The van der Waals surface area contributed by atoms with Crippen molar-refractivity contribution in [2.24, 2.45) is 0 Å². The van der Waals surface area contributed by atoms with Crippen LogP contribution < -0.4 is 5.32 Å². The lowest BCUT2D eigenvalue weighted by Gasteiger charge is -2.10. The van der Waals surface area contributed by atoms with Crippen molar-refractivity contribution in [2.45, 2.75) is 10.3 Å². The number of nitrogens with one attached hydrogen (secondary N) is 1. The van der Waals surface area contributed by atoms with Gasteiger partial charge < -0.3 is 5.32 Å². The average Bonchev–Trinajstić information content (AvgIpc) is 2.72. The highest BCUT2D eigenvalue weighted by molar-refractivity contribution is 8.00. The smallest absolute Gasteiger partial charge is 0.103 e. The van der Waals surface area contributed by atoms with Crippen molar-refractivity contribution in [1.29, 1.82) is 0 Å². The Morgan fingerprint density at radius 1 is 1.06 bits per heavy atom. The second-order valence-electron chi connectivity index (χ2n) is 3.69. The molecule has 1 N–H and O–H groups in total. The minimum atomic E-state index is 0.274. The van der Waals surface area contributed by atoms with E-state index in [1.54, 1.807) is 0 Å². The zero-order chi connectivity index (χ0) is 11.0. The molecule has 0 aromatic heterocycles. The summed E-state index contributed by atoms with van der Waals surface area (Å²) < 4.78 is 0. The van der Waals surface area contributed by atoms with Crippen molar-refractivity contribution >= 4 is 29.1 Å². The highest BCUT2D eigenvalue weighted by Gasteiger charge is 2.22. The average molecular weight is 248 g/mol. The molecule has 0 amide bonds. The quantitative estimate of drug-likeness (QED) is 0.793. The fourth-order valence-corrected chi connectivity index (χ4v) is 3.14. The fraction of sp³-hybridized carbons (Fsp3) is 0.0769. The topological polar surface area (TPSA) is 12.0 Å². The number of halogens is 1. The normalized spacial score (nSPS) is 17.9. The van der Waals surface area contributed by atoms with E-state index < -0.39 is 0 Å². The monoisotopic (exact) mass is 247 g/mol. The molecule has 1 aliphatic rings. The number of hydrogen-bond donors (Lipinski definition) is 1. The van der Waals surface area contributed by atoms with Crippen LogP contribution in [0.25, 0.3) is 0 Å². The summed E-state index contributed by atoms with van der Waals surface area (Å²) >= 11 is 7.83. The molecule has 80 valence electrons. The first-order valence-corrected chi connectivity index (χ1v) is 6.36. The summed E-state index contributed by atoms with van der Waals surface area (Å²) in [7, 11) is 0. The molecule has 3 heteroatoms. The Kier molecular flexibility index (Phi) is 2.54. The van der Waals surface area contributed by atoms with Crippen molar-refractivity contribution in [1.82, 2.24) is 0 Å². The lowest BCUT2D eigenvalue weighted by atomic mass is 10.2. The van der Waals surface area contributed by atoms with E-state index >= 15 is 0 Å². The Hall–Kier alpha value is -1.12. The molecule has 0 aliphatic carbocycles. The van der Waals surface area contributed by atoms with Gasteiger partial charge in [0, 0.05) is 15.6 Å². The van der Waals surface area contributed by atoms with Gasteiger partial charge in [0.05, 0.1) is 0 Å². The van der Waals surface area contributed by atoms with Gasteiger partial charge in [-0.15, -0.1) is 0 Å². The first-order valence-electron chi connectivity index (χ1n) is 5.10. The Bertz CT molecular complexity index is 502. The molecule has 3 rings (SSSR count). The maximum Gasteiger partial charge on any atom is 0.103 e. The van der Waals surface area contributed by atoms with Gasteiger partial charge in [0.2, 0.25) is 0 Å². The number of benzene rings is 2. The van der Waals surface area contributed by atoms with Gasteiger partial charge in [0.1, 0.15) is 5.37 Å². The van der Waals surface area contributed by atoms with Crippen LogP contribution in [-0.2, 0) is 0 Å². The first-order chi connectivity index (χ1) is 7.83. The summed E-state index contributed by atoms with van der Waals surface area (Å²) in [6, 6.07) is 16.4. The van der Waals surface area contributed by atoms with Crippen molar-refractivity contribution in [3.05, 3.63) is 59.1 Å². The summed E-state index contributed by atoms with van der Waals surface area (Å²) in [5.41, 5.74) is 2.42. The number of fused-ring (bicyclic) bond motifs is 1. The van der Waals surface area contributed by atoms with Crippen LogP contribution in [0, 0.1) is 0 Å². The molecule has 2 aromatic carbocycles. The molecule has 0 saturated heterocycles. The minimum absolute atomic E-state index is 0.274. The number of hydrogen-bond acceptors (Lipinski definition) is 2. The first kappa shape index (κ1) is 10.1. The molecule has 16 heavy (non-hydrogen) atoms. The maximum absolute atomic E-state index is 6.00. The molecule has 0 radical (unpaired) electrons. The Balaban J connectivity index is 1.91. The third-order valence-electron chi connectivity index (χ3n) is 2.57. The number of rotatable bonds is 1. The third-order valence-corrected chi connectivity index (χ3v) is 4.04. The van der Waals surface area contributed by atoms with Crippen molar-refractivity contribution in [3.63, 3.8) is 0 Å². The van der Waals surface area contributed by atoms with Crippen LogP contribution in [0.4, 0.5) is 5.69 Å². The van der Waals surface area contributed by atoms with E-state index in [-0.39, 0.29) is 5.37 Å². The molecular formula is C13H10ClNS. The highest BCUT2D eigenvalue weighted by atomic mass is 35.5. The SMILES string of the molecule is Clc1cccc([C@@H]2Nc3ccccc3S2)c1. The van der Waals surface area contributed by atoms with Crippen LogP contribution in [0.5, 0.6) is 0 Å². The van der Waals surface area contributed by atoms with E-state index in [2.05, 4.69) is 29.6 Å². The molecule has 2 aromatic rings. The summed E-state index contributed by atoms with van der Waals surface area (Å²) in [4.78, 5) is 1.30. The molecule has 0 bridgehead atoms. The number of para-hydroxylation sites is 1. The Labute approximate surface area is 104 Å². The summed E-state index contributed by atoms with van der Waals surface area (Å²) in [5, 5.41) is 4.54. The van der Waals surface area contributed by atoms with Gasteiger partial charge in [-0.1, -0.05) is 47.6 Å². The van der Waals surface area contributed by atoms with Gasteiger partial charge in [0.15, 0.2) is 0 Å². The van der Waals surface area contributed by atoms with Crippen LogP contribution in [0.15, 0.2) is 53.4 Å². The van der Waals surface area contributed by atoms with Gasteiger partial charge in [0.25, 0.3) is 0 Å². The molecule has 1 aliphatic heterocycles. The van der Waals surface area contributed by atoms with Crippen LogP contribution in [0.3, 0.4) is 0 Å². The van der Waals surface area contributed by atoms with E-state index in [9.17, 15) is 0 Å². The van der Waals surface area contributed by atoms with E-state index in [1.165, 1.54) is 16.1 Å². The predicted octanol–water partition coefficient (Wildman–Crippen LogP) is 4.56. The van der Waals surface area contributed by atoms with Crippen LogP contribution in [0.1, 0.15) is 10.9 Å². The number of thioether (sulfide) groups is 1. The second-order valence-corrected chi connectivity index (χ2v) is 5.28. The molecule has 1 heterocycles. The molecule has 0 saturated carbocycles. The standard InChI is InChI=1S/C13H10ClNS/c14-10-5-3-4-9(8-10)13-15-11-6-1-2-7-12(11)16-13/h1-8,13,15H/t13-/m1/s1. The van der Waals surface area contributed by atoms with E-state index in [4.69, 9.17) is 11.6 Å². The molecule has 0 fully saturated rings. The zero-order valence-electron chi connectivity index (χ0n) is 8.48. The Morgan fingerprint density at radius 2 is 1.94 bits per heavy atom. The summed E-state index contributed by atoms with van der Waals surface area (Å²) in [6.07, 6.45) is 0. The lowest BCUT2D eigenvalue weighted by Crippen LogP contribution is -2.00. The lowest BCUT2D eigenvalue weighted by molar-refractivity contribution is 1.13. The molecule has 0 unspecified atom stereocenters. The van der Waals surface area contributed by atoms with E-state index in [0.29, 0.717) is 0 Å². The summed E-state index contributed by atoms with van der Waals surface area (Å²) in [6.45, 7) is 0. The van der Waals surface area contributed by atoms with Crippen molar-refractivity contribution in [3.8, 4) is 0 Å². The number of anilines is 1. The van der Waals surface area contributed by atoms with E-state index in [0.717, 1.165) is 5.02 Å². The van der Waals surface area contributed by atoms with Crippen LogP contribution in [0.2, 0.25) is 5.02 Å². The van der Waals surface area contributed by atoms with Gasteiger partial charge >= 0.3 is 0 Å². The predicted molar refractivity (Wildman–Crippen MR) is 70.1 cm³/mol. The van der Waals surface area contributed by atoms with Gasteiger partial charge in [-0.05, 0) is 29.8 Å². The molecule has 1 nitrogen and oxygen atoms in total. The zero-order valence-corrected chi connectivity index (χ0v) is 10.1. The molecule has 1 atom stereocenters. The fourth-order valence-electron chi connectivity index (χ4n) is 1.81. The van der Waals surface area contributed by atoms with E-state index in [1.807, 2.05) is 36.0 Å². The second kappa shape index (κ2) is 4.04. The van der Waals surface area contributed by atoms with Gasteiger partial charge in [-0.3, -0.25) is 0 Å². The van der Waals surface area contributed by atoms with Gasteiger partial charge in [-0.2, -0.15) is 0 Å². The maximum atomic E-state index is 6.00. The Morgan fingerprint density at radius 3 is 2.75 bits per heavy atom. The molecule has 0 spiro atoms. The largest absolute Gasteiger partial charge is 0.368 e. The highest BCUT2D eigenvalue weighted by Crippen LogP contribution is 2.46. The van der Waals surface area contributed by atoms with Crippen LogP contribution >= 0.6 is 23.4 Å². The van der Waals surface area contributed by atoms with Crippen molar-refractivity contribution < 1.29 is 0 Å². The third kappa shape index (κ3) is 1.79.